The number of rotatable bonds is 6. The Labute approximate surface area is 201 Å². The fourth-order valence-electron chi connectivity index (χ4n) is 4.72. The van der Waals surface area contributed by atoms with Gasteiger partial charge in [-0.3, -0.25) is 4.79 Å². The van der Waals surface area contributed by atoms with Crippen molar-refractivity contribution >= 4 is 26.9 Å². The second-order valence-electron chi connectivity index (χ2n) is 8.55. The van der Waals surface area contributed by atoms with E-state index in [2.05, 4.69) is 22.9 Å². The largest absolute Gasteiger partial charge is 0.497 e. The molecule has 1 saturated heterocycles. The van der Waals surface area contributed by atoms with E-state index in [9.17, 15) is 9.90 Å². The molecule has 0 amide bonds. The second kappa shape index (κ2) is 9.00. The van der Waals surface area contributed by atoms with Crippen LogP contribution in [0.3, 0.4) is 0 Å². The van der Waals surface area contributed by atoms with Crippen LogP contribution in [0, 0.1) is 0 Å². The highest BCUT2D eigenvalue weighted by atomic mass is 79.9. The van der Waals surface area contributed by atoms with Crippen molar-refractivity contribution in [2.24, 2.45) is 0 Å². The molecule has 8 heteroatoms. The maximum absolute atomic E-state index is 13.4. The minimum Gasteiger partial charge on any atom is -0.497 e. The minimum absolute atomic E-state index is 0.234. The number of nitrogens with zero attached hydrogens (tertiary/aromatic N) is 1. The normalized spacial score (nSPS) is 22.5. The average molecular weight is 519 g/mol. The number of methoxy groups -OCH3 is 3. The molecule has 3 aromatic rings. The number of ether oxygens (including phenoxy) is 3. The van der Waals surface area contributed by atoms with Gasteiger partial charge in [0.25, 0.3) is 0 Å². The van der Waals surface area contributed by atoms with E-state index in [0.29, 0.717) is 49.6 Å². The first-order valence-corrected chi connectivity index (χ1v) is 11.7. The average Bonchev–Trinajstić information content (AvgIpc) is 3.12. The van der Waals surface area contributed by atoms with Gasteiger partial charge in [0.15, 0.2) is 11.7 Å². The number of hydrogen-bond donors (Lipinski definition) is 1. The summed E-state index contributed by atoms with van der Waals surface area (Å²) in [4.78, 5) is 13.4. The number of likely N-dealkylation sites (N-methyl/N-ethyl adjacent to an activating group) is 1. The lowest BCUT2D eigenvalue weighted by Crippen LogP contribution is -2.49. The Morgan fingerprint density at radius 1 is 1.12 bits per heavy atom. The van der Waals surface area contributed by atoms with Crippen LogP contribution in [-0.4, -0.2) is 57.3 Å². The number of aliphatic hydroxyl groups excluding tert-OH is 1. The summed E-state index contributed by atoms with van der Waals surface area (Å²) >= 11 is 3.55. The highest BCUT2D eigenvalue weighted by molar-refractivity contribution is 9.10. The highest BCUT2D eigenvalue weighted by Gasteiger charge is 2.46. The summed E-state index contributed by atoms with van der Waals surface area (Å²) in [6, 6.07) is 8.63. The number of hydrogen-bond acceptors (Lipinski definition) is 6. The molecule has 1 aromatic heterocycles. The molecule has 0 bridgehead atoms. The van der Waals surface area contributed by atoms with Crippen molar-refractivity contribution < 1.29 is 28.2 Å². The van der Waals surface area contributed by atoms with Crippen molar-refractivity contribution in [3.8, 4) is 28.6 Å². The molecule has 0 radical (unpaired) electrons. The second-order valence-corrected chi connectivity index (χ2v) is 9.40. The molecule has 1 aliphatic rings. The topological polar surface area (TPSA) is 78.1 Å². The van der Waals surface area contributed by atoms with Crippen LogP contribution >= 0.6 is 15.9 Å². The first-order chi connectivity index (χ1) is 15.8. The Hall–Kier alpha value is -2.55. The van der Waals surface area contributed by atoms with Crippen molar-refractivity contribution in [2.75, 3.05) is 41.5 Å². The zero-order valence-corrected chi connectivity index (χ0v) is 21.1. The molecule has 2 heterocycles. The molecular weight excluding hydrogens is 490 g/mol. The molecule has 0 spiro atoms. The highest BCUT2D eigenvalue weighted by Crippen LogP contribution is 2.46. The van der Waals surface area contributed by atoms with E-state index in [1.807, 2.05) is 19.2 Å². The van der Waals surface area contributed by atoms with Gasteiger partial charge in [0.1, 0.15) is 34.0 Å². The maximum atomic E-state index is 13.4. The van der Waals surface area contributed by atoms with Crippen LogP contribution in [0.15, 0.2) is 44.0 Å². The van der Waals surface area contributed by atoms with Crippen molar-refractivity contribution in [1.29, 1.82) is 0 Å². The van der Waals surface area contributed by atoms with E-state index in [1.54, 1.807) is 26.4 Å². The van der Waals surface area contributed by atoms with E-state index in [4.69, 9.17) is 18.6 Å². The number of aliphatic hydroxyl groups is 1. The van der Waals surface area contributed by atoms with Crippen LogP contribution < -0.4 is 19.6 Å². The lowest BCUT2D eigenvalue weighted by atomic mass is 9.93. The summed E-state index contributed by atoms with van der Waals surface area (Å²) in [6.45, 7) is 3.66. The van der Waals surface area contributed by atoms with E-state index in [1.165, 1.54) is 13.2 Å². The Balaban J connectivity index is 2.05. The van der Waals surface area contributed by atoms with E-state index in [-0.39, 0.29) is 11.3 Å². The minimum atomic E-state index is -0.655. The molecule has 1 fully saturated rings. The van der Waals surface area contributed by atoms with Gasteiger partial charge in [-0.1, -0.05) is 15.9 Å². The summed E-state index contributed by atoms with van der Waals surface area (Å²) in [6.07, 6.45) is 0.0816. The Kier molecular flexibility index (Phi) is 6.44. The van der Waals surface area contributed by atoms with Gasteiger partial charge in [-0.25, -0.2) is 0 Å². The van der Waals surface area contributed by atoms with Gasteiger partial charge in [-0.05, 0) is 25.1 Å². The fraction of sp³-hybridized carbons (Fsp3) is 0.400. The van der Waals surface area contributed by atoms with Gasteiger partial charge in [-0.15, -0.1) is 0 Å². The third-order valence-electron chi connectivity index (χ3n) is 6.89. The summed E-state index contributed by atoms with van der Waals surface area (Å²) < 4.78 is 24.3. The van der Waals surface area contributed by atoms with Gasteiger partial charge < -0.3 is 28.2 Å². The van der Waals surface area contributed by atoms with E-state index in [0.717, 1.165) is 24.0 Å². The molecule has 33 heavy (non-hydrogen) atoms. The smallest absolute Gasteiger partial charge is 0.197 e. The molecule has 176 valence electrons. The Bertz CT molecular complexity index is 1260. The monoisotopic (exact) mass is 518 g/mol. The quantitative estimate of drug-likeness (QED) is 0.483. The number of likely N-dealkylation sites (tertiary alicyclic amines) is 1. The van der Waals surface area contributed by atoms with Crippen molar-refractivity contribution in [3.05, 3.63) is 50.6 Å². The first-order valence-electron chi connectivity index (χ1n) is 10.9. The molecule has 1 N–H and O–H groups in total. The SMILES string of the molecule is CC[N@@+]1(C)CCC(c2c(OC)cc(OC)c3c(=O)cc(-c4cc(OC)ccc4Br)oc23)[C@@H]1O. The van der Waals surface area contributed by atoms with Crippen molar-refractivity contribution in [3.63, 3.8) is 0 Å². The number of fused-ring (bicyclic) bond motifs is 1. The lowest BCUT2D eigenvalue weighted by Gasteiger charge is -2.33. The van der Waals surface area contributed by atoms with Gasteiger partial charge in [-0.2, -0.15) is 0 Å². The van der Waals surface area contributed by atoms with Crippen molar-refractivity contribution in [2.45, 2.75) is 25.5 Å². The third-order valence-corrected chi connectivity index (χ3v) is 7.58. The first kappa shape index (κ1) is 23.6. The van der Waals surface area contributed by atoms with E-state index >= 15 is 0 Å². The van der Waals surface area contributed by atoms with Crippen LogP contribution in [0.25, 0.3) is 22.3 Å². The maximum Gasteiger partial charge on any atom is 0.197 e. The zero-order valence-electron chi connectivity index (χ0n) is 19.5. The summed E-state index contributed by atoms with van der Waals surface area (Å²) in [5.74, 6) is 1.66. The standard InChI is InChI=1S/C25H29BrNO6/c1-6-27(2)10-9-15(25(27)29)22-20(31-4)13-21(32-5)23-18(28)12-19(33-24(22)23)16-11-14(30-3)7-8-17(16)26/h7-8,11-13,15,25,29H,6,9-10H2,1-5H3/q+1/t15?,25-,27-/m0/s1. The summed E-state index contributed by atoms with van der Waals surface area (Å²) in [5, 5.41) is 11.6. The molecule has 3 atom stereocenters. The molecule has 0 saturated carbocycles. The predicted octanol–water partition coefficient (Wildman–Crippen LogP) is 4.52. The summed E-state index contributed by atoms with van der Waals surface area (Å²) in [7, 11) is 6.70. The molecule has 2 aromatic carbocycles. The zero-order chi connectivity index (χ0) is 23.9. The van der Waals surface area contributed by atoms with Gasteiger partial charge in [0, 0.05) is 34.2 Å². The molecule has 4 rings (SSSR count). The molecule has 1 aliphatic heterocycles. The van der Waals surface area contributed by atoms with Gasteiger partial charge in [0.05, 0.1) is 47.4 Å². The number of benzene rings is 2. The molecule has 7 nitrogen and oxygen atoms in total. The number of quaternary nitrogens is 1. The molecular formula is C25H29BrNO6+. The van der Waals surface area contributed by atoms with Crippen LogP contribution in [-0.2, 0) is 0 Å². The lowest BCUT2D eigenvalue weighted by molar-refractivity contribution is -0.940. The van der Waals surface area contributed by atoms with E-state index < -0.39 is 6.23 Å². The van der Waals surface area contributed by atoms with Crippen LogP contribution in [0.4, 0.5) is 0 Å². The van der Waals surface area contributed by atoms with Crippen LogP contribution in [0.5, 0.6) is 17.2 Å². The predicted molar refractivity (Wildman–Crippen MR) is 130 cm³/mol. The van der Waals surface area contributed by atoms with Crippen LogP contribution in [0.2, 0.25) is 0 Å². The fourth-order valence-corrected chi connectivity index (χ4v) is 5.16. The third kappa shape index (κ3) is 3.90. The van der Waals surface area contributed by atoms with Crippen LogP contribution in [0.1, 0.15) is 24.8 Å². The molecule has 0 aliphatic carbocycles. The van der Waals surface area contributed by atoms with Gasteiger partial charge >= 0.3 is 0 Å². The number of halogens is 1. The summed E-state index contributed by atoms with van der Waals surface area (Å²) in [5.41, 5.74) is 1.51. The Morgan fingerprint density at radius 3 is 2.45 bits per heavy atom. The Morgan fingerprint density at radius 2 is 1.85 bits per heavy atom. The molecule has 1 unspecified atom stereocenters. The van der Waals surface area contributed by atoms with Gasteiger partial charge in [0.2, 0.25) is 0 Å². The van der Waals surface area contributed by atoms with Crippen molar-refractivity contribution in [1.82, 2.24) is 0 Å².